The van der Waals surface area contributed by atoms with E-state index in [2.05, 4.69) is 26.2 Å². The summed E-state index contributed by atoms with van der Waals surface area (Å²) in [7, 11) is -2.74. The van der Waals surface area contributed by atoms with Gasteiger partial charge in [-0.1, -0.05) is 29.8 Å². The maximum Gasteiger partial charge on any atom is 0.339 e. The SMILES string of the molecule is COc1cc(/C=C2\SC(=Nc3ccccc3)NC2=O)cc(Br)c1OS(=O)(=O)c1ccc(Cl)cc1. The molecule has 1 saturated heterocycles. The van der Waals surface area contributed by atoms with E-state index in [1.54, 1.807) is 18.2 Å². The van der Waals surface area contributed by atoms with Crippen molar-refractivity contribution in [3.63, 3.8) is 0 Å². The van der Waals surface area contributed by atoms with Gasteiger partial charge in [-0.15, -0.1) is 0 Å². The third-order valence-electron chi connectivity index (χ3n) is 4.48. The third-order valence-corrected chi connectivity index (χ3v) is 7.47. The molecule has 34 heavy (non-hydrogen) atoms. The summed E-state index contributed by atoms with van der Waals surface area (Å²) in [5.74, 6) is -0.143. The summed E-state index contributed by atoms with van der Waals surface area (Å²) in [6.45, 7) is 0. The number of nitrogens with zero attached hydrogens (tertiary/aromatic N) is 1. The minimum absolute atomic E-state index is 0.0190. The molecule has 7 nitrogen and oxygen atoms in total. The van der Waals surface area contributed by atoms with Crippen LogP contribution in [0.5, 0.6) is 11.5 Å². The van der Waals surface area contributed by atoms with Gasteiger partial charge in [0.25, 0.3) is 5.91 Å². The number of halogens is 2. The number of ether oxygens (including phenoxy) is 1. The van der Waals surface area contributed by atoms with Crippen molar-refractivity contribution in [3.05, 3.63) is 86.7 Å². The Kier molecular flexibility index (Phi) is 7.32. The molecule has 0 aromatic heterocycles. The van der Waals surface area contributed by atoms with Crippen LogP contribution in [0.3, 0.4) is 0 Å². The van der Waals surface area contributed by atoms with E-state index in [4.69, 9.17) is 20.5 Å². The van der Waals surface area contributed by atoms with Crippen molar-refractivity contribution >= 4 is 72.2 Å². The number of benzene rings is 3. The molecule has 11 heteroatoms. The predicted octanol–water partition coefficient (Wildman–Crippen LogP) is 5.77. The molecule has 3 aromatic carbocycles. The smallest absolute Gasteiger partial charge is 0.339 e. The number of carbonyl (C=O) groups excluding carboxylic acids is 1. The van der Waals surface area contributed by atoms with E-state index in [0.717, 1.165) is 5.69 Å². The van der Waals surface area contributed by atoms with Crippen LogP contribution in [0.25, 0.3) is 6.08 Å². The van der Waals surface area contributed by atoms with E-state index in [9.17, 15) is 13.2 Å². The topological polar surface area (TPSA) is 94.1 Å². The standard InChI is InChI=1S/C23H16BrClN2O5S2/c1-31-19-12-14(13-20-22(28)27-23(33-20)26-16-5-3-2-4-6-16)11-18(24)21(19)32-34(29,30)17-9-7-15(25)8-10-17/h2-13H,1H3,(H,26,27,28)/b20-13-. The van der Waals surface area contributed by atoms with Crippen molar-refractivity contribution < 1.29 is 22.1 Å². The summed E-state index contributed by atoms with van der Waals surface area (Å²) in [5.41, 5.74) is 1.32. The number of aliphatic imine (C=N–C) groups is 1. The maximum atomic E-state index is 12.7. The normalized spacial score (nSPS) is 16.0. The van der Waals surface area contributed by atoms with E-state index in [1.165, 1.54) is 43.1 Å². The summed E-state index contributed by atoms with van der Waals surface area (Å²) in [4.78, 5) is 17.2. The Bertz CT molecular complexity index is 1410. The van der Waals surface area contributed by atoms with Crippen LogP contribution in [-0.4, -0.2) is 26.6 Å². The van der Waals surface area contributed by atoms with Gasteiger partial charge in [-0.05, 0) is 87.9 Å². The first-order chi connectivity index (χ1) is 16.2. The Morgan fingerprint density at radius 3 is 2.47 bits per heavy atom. The summed E-state index contributed by atoms with van der Waals surface area (Å²) in [6, 6.07) is 18.1. The lowest BCUT2D eigenvalue weighted by Gasteiger charge is -2.13. The van der Waals surface area contributed by atoms with Gasteiger partial charge in [-0.3, -0.25) is 4.79 Å². The fourth-order valence-corrected chi connectivity index (χ4v) is 5.49. The Morgan fingerprint density at radius 1 is 1.09 bits per heavy atom. The van der Waals surface area contributed by atoms with Crippen LogP contribution in [0.2, 0.25) is 5.02 Å². The lowest BCUT2D eigenvalue weighted by Crippen LogP contribution is -2.19. The molecule has 1 heterocycles. The van der Waals surface area contributed by atoms with Crippen LogP contribution in [0, 0.1) is 0 Å². The van der Waals surface area contributed by atoms with Crippen molar-refractivity contribution in [1.29, 1.82) is 0 Å². The van der Waals surface area contributed by atoms with Crippen molar-refractivity contribution in [2.45, 2.75) is 4.90 Å². The monoisotopic (exact) mass is 578 g/mol. The van der Waals surface area contributed by atoms with Crippen molar-refractivity contribution in [2.24, 2.45) is 4.99 Å². The van der Waals surface area contributed by atoms with Crippen LogP contribution in [0.4, 0.5) is 5.69 Å². The molecule has 0 atom stereocenters. The van der Waals surface area contributed by atoms with Gasteiger partial charge in [0.15, 0.2) is 16.7 Å². The molecule has 1 aliphatic rings. The fraction of sp³-hybridized carbons (Fsp3) is 0.0435. The molecule has 3 aromatic rings. The number of amidine groups is 1. The molecule has 0 radical (unpaired) electrons. The molecule has 1 amide bonds. The van der Waals surface area contributed by atoms with Gasteiger partial charge in [0.05, 0.1) is 22.2 Å². The second-order valence-electron chi connectivity index (χ2n) is 6.84. The van der Waals surface area contributed by atoms with E-state index < -0.39 is 10.1 Å². The maximum absolute atomic E-state index is 12.7. The van der Waals surface area contributed by atoms with Crippen LogP contribution >= 0.6 is 39.3 Å². The summed E-state index contributed by atoms with van der Waals surface area (Å²) < 4.78 is 36.4. The molecule has 0 unspecified atom stereocenters. The third kappa shape index (κ3) is 5.64. The van der Waals surface area contributed by atoms with Gasteiger partial charge in [0, 0.05) is 5.02 Å². The Hall–Kier alpha value is -2.79. The Balaban J connectivity index is 1.61. The molecular formula is C23H16BrClN2O5S2. The molecule has 4 rings (SSSR count). The van der Waals surface area contributed by atoms with Crippen molar-refractivity contribution in [1.82, 2.24) is 5.32 Å². The van der Waals surface area contributed by atoms with Crippen LogP contribution in [0.15, 0.2) is 86.0 Å². The van der Waals surface area contributed by atoms with Crippen LogP contribution in [-0.2, 0) is 14.9 Å². The average Bonchev–Trinajstić information content (AvgIpc) is 3.14. The highest BCUT2D eigenvalue weighted by Crippen LogP contribution is 2.40. The summed E-state index contributed by atoms with van der Waals surface area (Å²) >= 11 is 10.4. The average molecular weight is 580 g/mol. The lowest BCUT2D eigenvalue weighted by molar-refractivity contribution is -0.115. The van der Waals surface area contributed by atoms with Gasteiger partial charge in [0.1, 0.15) is 4.90 Å². The Morgan fingerprint density at radius 2 is 1.79 bits per heavy atom. The summed E-state index contributed by atoms with van der Waals surface area (Å²) in [6.07, 6.45) is 1.65. The number of amides is 1. The van der Waals surface area contributed by atoms with E-state index in [-0.39, 0.29) is 22.3 Å². The number of carbonyl (C=O) groups is 1. The molecule has 1 fully saturated rings. The van der Waals surface area contributed by atoms with Crippen molar-refractivity contribution in [2.75, 3.05) is 7.11 Å². The van der Waals surface area contributed by atoms with Crippen LogP contribution in [0.1, 0.15) is 5.56 Å². The zero-order chi connectivity index (χ0) is 24.3. The second kappa shape index (κ2) is 10.2. The van der Waals surface area contributed by atoms with Gasteiger partial charge >= 0.3 is 10.1 Å². The highest BCUT2D eigenvalue weighted by Gasteiger charge is 2.25. The van der Waals surface area contributed by atoms with Gasteiger partial charge < -0.3 is 14.2 Å². The molecule has 0 bridgehead atoms. The van der Waals surface area contributed by atoms with E-state index in [0.29, 0.717) is 25.1 Å². The minimum Gasteiger partial charge on any atom is -0.493 e. The predicted molar refractivity (Wildman–Crippen MR) is 137 cm³/mol. The second-order valence-corrected chi connectivity index (χ2v) is 10.7. The lowest BCUT2D eigenvalue weighted by atomic mass is 10.2. The minimum atomic E-state index is -4.13. The molecule has 1 aliphatic heterocycles. The molecule has 0 spiro atoms. The number of thioether (sulfide) groups is 1. The Labute approximate surface area is 214 Å². The van der Waals surface area contributed by atoms with E-state index >= 15 is 0 Å². The van der Waals surface area contributed by atoms with E-state index in [1.807, 2.05) is 30.3 Å². The molecule has 0 aliphatic carbocycles. The zero-order valence-corrected chi connectivity index (χ0v) is 21.5. The molecular weight excluding hydrogens is 564 g/mol. The first-order valence-corrected chi connectivity index (χ1v) is 13.1. The largest absolute Gasteiger partial charge is 0.493 e. The quantitative estimate of drug-likeness (QED) is 0.294. The first kappa shape index (κ1) is 24.3. The van der Waals surface area contributed by atoms with Crippen molar-refractivity contribution in [3.8, 4) is 11.5 Å². The van der Waals surface area contributed by atoms with Gasteiger partial charge in [-0.2, -0.15) is 8.42 Å². The van der Waals surface area contributed by atoms with Crippen LogP contribution < -0.4 is 14.2 Å². The van der Waals surface area contributed by atoms with Gasteiger partial charge in [-0.25, -0.2) is 4.99 Å². The molecule has 1 N–H and O–H groups in total. The highest BCUT2D eigenvalue weighted by atomic mass is 79.9. The number of para-hydroxylation sites is 1. The number of hydrogen-bond acceptors (Lipinski definition) is 7. The molecule has 0 saturated carbocycles. The number of methoxy groups -OCH3 is 1. The van der Waals surface area contributed by atoms with Gasteiger partial charge in [0.2, 0.25) is 0 Å². The first-order valence-electron chi connectivity index (χ1n) is 9.67. The number of hydrogen-bond donors (Lipinski definition) is 1. The zero-order valence-electron chi connectivity index (χ0n) is 17.5. The summed E-state index contributed by atoms with van der Waals surface area (Å²) in [5, 5.41) is 3.59. The highest BCUT2D eigenvalue weighted by molar-refractivity contribution is 9.10. The number of nitrogens with one attached hydrogen (secondary N) is 1. The fourth-order valence-electron chi connectivity index (χ4n) is 2.91. The number of rotatable bonds is 6. The molecule has 174 valence electrons.